The van der Waals surface area contributed by atoms with Crippen molar-refractivity contribution >= 4 is 11.5 Å². The smallest absolute Gasteiger partial charge is 0.166 e. The molecule has 2 fully saturated rings. The van der Waals surface area contributed by atoms with E-state index in [-0.39, 0.29) is 5.78 Å². The summed E-state index contributed by atoms with van der Waals surface area (Å²) in [5.41, 5.74) is 2.21. The van der Waals surface area contributed by atoms with Crippen LogP contribution in [0.3, 0.4) is 0 Å². The zero-order valence-electron chi connectivity index (χ0n) is 10.3. The van der Waals surface area contributed by atoms with Gasteiger partial charge in [0.1, 0.15) is 0 Å². The molecule has 0 spiro atoms. The van der Waals surface area contributed by atoms with Crippen LogP contribution in [0.2, 0.25) is 0 Å². The van der Waals surface area contributed by atoms with E-state index in [2.05, 4.69) is 5.32 Å². The van der Waals surface area contributed by atoms with Gasteiger partial charge in [-0.3, -0.25) is 4.79 Å². The molecule has 0 heterocycles. The average molecular weight is 236 g/mol. The van der Waals surface area contributed by atoms with Gasteiger partial charge in [-0.1, -0.05) is 0 Å². The van der Waals surface area contributed by atoms with Crippen LogP contribution >= 0.6 is 0 Å². The van der Waals surface area contributed by atoms with Crippen molar-refractivity contribution in [3.8, 4) is 0 Å². The molecule has 0 aromatic heterocycles. The first-order chi connectivity index (χ1) is 8.24. The molecule has 0 bridgehead atoms. The first-order valence-corrected chi connectivity index (χ1v) is 6.32. The molecule has 4 nitrogen and oxygen atoms in total. The fraction of sp³-hybridized carbons (Fsp3) is 0.692. The number of carbonyl (C=O) groups is 1. The highest BCUT2D eigenvalue weighted by atomic mass is 16.5. The number of carbonyl (C=O) groups excluding carboxylic acids is 1. The van der Waals surface area contributed by atoms with Crippen molar-refractivity contribution in [2.24, 2.45) is 5.92 Å². The van der Waals surface area contributed by atoms with Gasteiger partial charge in [-0.25, -0.2) is 0 Å². The SMILES string of the molecule is COCCN/C(=C1\C(=N)CCCC1=O)C1CC1. The molecule has 2 N–H and O–H groups in total. The quantitative estimate of drug-likeness (QED) is 0.563. The molecular weight excluding hydrogens is 216 g/mol. The Morgan fingerprint density at radius 1 is 1.47 bits per heavy atom. The summed E-state index contributed by atoms with van der Waals surface area (Å²) in [7, 11) is 1.67. The number of hydrogen-bond acceptors (Lipinski definition) is 4. The van der Waals surface area contributed by atoms with Crippen LogP contribution in [0.1, 0.15) is 32.1 Å². The molecule has 0 amide bonds. The Morgan fingerprint density at radius 3 is 2.82 bits per heavy atom. The predicted octanol–water partition coefficient (Wildman–Crippen LogP) is 1.66. The molecule has 0 unspecified atom stereocenters. The molecule has 94 valence electrons. The van der Waals surface area contributed by atoms with Crippen molar-refractivity contribution in [1.82, 2.24) is 5.32 Å². The summed E-state index contributed by atoms with van der Waals surface area (Å²) in [5, 5.41) is 11.3. The van der Waals surface area contributed by atoms with Gasteiger partial charge < -0.3 is 15.5 Å². The van der Waals surface area contributed by atoms with Crippen LogP contribution in [0.4, 0.5) is 0 Å². The Bertz CT molecular complexity index is 338. The van der Waals surface area contributed by atoms with Crippen LogP contribution in [0.5, 0.6) is 0 Å². The maximum absolute atomic E-state index is 11.9. The second-order valence-corrected chi connectivity index (χ2v) is 4.74. The molecule has 2 aliphatic carbocycles. The molecule has 2 saturated carbocycles. The molecule has 2 aliphatic rings. The number of allylic oxidation sites excluding steroid dienone is 2. The number of rotatable bonds is 5. The fourth-order valence-electron chi connectivity index (χ4n) is 2.25. The van der Waals surface area contributed by atoms with Gasteiger partial charge in [0.2, 0.25) is 0 Å². The van der Waals surface area contributed by atoms with Crippen LogP contribution < -0.4 is 5.32 Å². The standard InChI is InChI=1S/C13H20N2O2/c1-17-8-7-15-13(9-5-6-9)12-10(14)3-2-4-11(12)16/h9,14-15H,2-8H2,1H3/b13-12+,14-10?. The molecule has 2 rings (SSSR count). The molecule has 0 aromatic rings. The van der Waals surface area contributed by atoms with Crippen LogP contribution in [0.15, 0.2) is 11.3 Å². The molecule has 4 heteroatoms. The normalized spacial score (nSPS) is 23.8. The number of ether oxygens (including phenoxy) is 1. The van der Waals surface area contributed by atoms with Gasteiger partial charge in [0.05, 0.1) is 12.2 Å². The minimum atomic E-state index is 0.146. The van der Waals surface area contributed by atoms with E-state index in [1.54, 1.807) is 7.11 Å². The van der Waals surface area contributed by atoms with Crippen LogP contribution in [0.25, 0.3) is 0 Å². The van der Waals surface area contributed by atoms with E-state index in [0.29, 0.717) is 36.8 Å². The molecule has 0 aliphatic heterocycles. The highest BCUT2D eigenvalue weighted by Gasteiger charge is 2.33. The Balaban J connectivity index is 2.15. The Morgan fingerprint density at radius 2 is 2.24 bits per heavy atom. The monoisotopic (exact) mass is 236 g/mol. The maximum atomic E-state index is 11.9. The predicted molar refractivity (Wildman–Crippen MR) is 66.2 cm³/mol. The topological polar surface area (TPSA) is 62.2 Å². The summed E-state index contributed by atoms with van der Waals surface area (Å²) in [6.07, 6.45) is 4.44. The van der Waals surface area contributed by atoms with Crippen LogP contribution in [-0.4, -0.2) is 31.8 Å². The summed E-state index contributed by atoms with van der Waals surface area (Å²) in [6.45, 7) is 1.34. The summed E-state index contributed by atoms with van der Waals surface area (Å²) >= 11 is 0. The maximum Gasteiger partial charge on any atom is 0.166 e. The third kappa shape index (κ3) is 2.94. The van der Waals surface area contributed by atoms with Crippen LogP contribution in [0, 0.1) is 11.3 Å². The minimum absolute atomic E-state index is 0.146. The van der Waals surface area contributed by atoms with E-state index in [1.807, 2.05) is 0 Å². The summed E-state index contributed by atoms with van der Waals surface area (Å²) in [5.74, 6) is 0.623. The van der Waals surface area contributed by atoms with Crippen molar-refractivity contribution in [2.45, 2.75) is 32.1 Å². The zero-order valence-corrected chi connectivity index (χ0v) is 10.3. The van der Waals surface area contributed by atoms with Crippen molar-refractivity contribution in [3.05, 3.63) is 11.3 Å². The van der Waals surface area contributed by atoms with Crippen molar-refractivity contribution in [1.29, 1.82) is 5.41 Å². The molecule has 0 atom stereocenters. The van der Waals surface area contributed by atoms with Crippen molar-refractivity contribution < 1.29 is 9.53 Å². The molecule has 0 radical (unpaired) electrons. The van der Waals surface area contributed by atoms with E-state index in [0.717, 1.165) is 31.4 Å². The lowest BCUT2D eigenvalue weighted by Crippen LogP contribution is -2.28. The molecular formula is C13H20N2O2. The number of ketones is 1. The lowest BCUT2D eigenvalue weighted by atomic mass is 9.89. The zero-order chi connectivity index (χ0) is 12.3. The van der Waals surface area contributed by atoms with E-state index in [9.17, 15) is 4.79 Å². The second-order valence-electron chi connectivity index (χ2n) is 4.74. The Labute approximate surface area is 102 Å². The van der Waals surface area contributed by atoms with Gasteiger partial charge >= 0.3 is 0 Å². The van der Waals surface area contributed by atoms with E-state index in [1.165, 1.54) is 0 Å². The number of hydrogen-bond donors (Lipinski definition) is 2. The lowest BCUT2D eigenvalue weighted by Gasteiger charge is -2.20. The summed E-state index contributed by atoms with van der Waals surface area (Å²) < 4.78 is 5.01. The van der Waals surface area contributed by atoms with E-state index < -0.39 is 0 Å². The minimum Gasteiger partial charge on any atom is -0.385 e. The van der Waals surface area contributed by atoms with Gasteiger partial charge in [-0.2, -0.15) is 0 Å². The molecule has 17 heavy (non-hydrogen) atoms. The third-order valence-corrected chi connectivity index (χ3v) is 3.29. The highest BCUT2D eigenvalue weighted by Crippen LogP contribution is 2.38. The number of nitrogens with one attached hydrogen (secondary N) is 2. The van der Waals surface area contributed by atoms with Gasteiger partial charge in [-0.15, -0.1) is 0 Å². The largest absolute Gasteiger partial charge is 0.385 e. The average Bonchev–Trinajstić information content (AvgIpc) is 3.10. The second kappa shape index (κ2) is 5.45. The van der Waals surface area contributed by atoms with Gasteiger partial charge in [0.15, 0.2) is 5.78 Å². The first-order valence-electron chi connectivity index (χ1n) is 6.32. The summed E-state index contributed by atoms with van der Waals surface area (Å²) in [6, 6.07) is 0. The third-order valence-electron chi connectivity index (χ3n) is 3.29. The molecule has 0 saturated heterocycles. The van der Waals surface area contributed by atoms with Crippen molar-refractivity contribution in [2.75, 3.05) is 20.3 Å². The van der Waals surface area contributed by atoms with E-state index >= 15 is 0 Å². The first kappa shape index (κ1) is 12.3. The van der Waals surface area contributed by atoms with Gasteiger partial charge in [0, 0.05) is 31.5 Å². The fourth-order valence-corrected chi connectivity index (χ4v) is 2.25. The van der Waals surface area contributed by atoms with Crippen molar-refractivity contribution in [3.63, 3.8) is 0 Å². The van der Waals surface area contributed by atoms with Crippen LogP contribution in [-0.2, 0) is 9.53 Å². The Kier molecular flexibility index (Phi) is 3.94. The highest BCUT2D eigenvalue weighted by molar-refractivity contribution is 6.23. The lowest BCUT2D eigenvalue weighted by molar-refractivity contribution is -0.115. The van der Waals surface area contributed by atoms with Gasteiger partial charge in [0.25, 0.3) is 0 Å². The number of Topliss-reactive ketones (excluding diaryl/α,β-unsaturated/α-hetero) is 1. The Hall–Kier alpha value is -1.16. The molecule has 0 aromatic carbocycles. The summed E-state index contributed by atoms with van der Waals surface area (Å²) in [4.78, 5) is 11.9. The van der Waals surface area contributed by atoms with Gasteiger partial charge in [-0.05, 0) is 31.6 Å². The van der Waals surface area contributed by atoms with E-state index in [4.69, 9.17) is 10.1 Å². The number of methoxy groups -OCH3 is 1.